The van der Waals surface area contributed by atoms with E-state index in [1.165, 1.54) is 22.9 Å². The average molecular weight is 430 g/mol. The molecule has 160 valence electrons. The molecule has 1 N–H and O–H groups in total. The second-order valence-corrected chi connectivity index (χ2v) is 7.93. The zero-order valence-corrected chi connectivity index (χ0v) is 18.4. The van der Waals surface area contributed by atoms with Gasteiger partial charge < -0.3 is 5.32 Å². The molecule has 0 spiro atoms. The highest BCUT2D eigenvalue weighted by atomic mass is 32.2. The molecule has 0 aliphatic heterocycles. The van der Waals surface area contributed by atoms with E-state index in [0.717, 1.165) is 30.6 Å². The summed E-state index contributed by atoms with van der Waals surface area (Å²) in [6.07, 6.45) is 4.43. The number of unbranched alkanes of at least 4 members (excludes halogenated alkanes) is 3. The summed E-state index contributed by atoms with van der Waals surface area (Å²) in [5.74, 6) is 0.116. The third-order valence-electron chi connectivity index (χ3n) is 4.86. The van der Waals surface area contributed by atoms with E-state index >= 15 is 0 Å². The van der Waals surface area contributed by atoms with Gasteiger partial charge in [-0.3, -0.25) is 14.3 Å². The summed E-state index contributed by atoms with van der Waals surface area (Å²) in [4.78, 5) is 25.3. The highest BCUT2D eigenvalue weighted by molar-refractivity contribution is 7.99. The minimum Gasteiger partial charge on any atom is -0.355 e. The molecule has 0 unspecified atom stereocenters. The second-order valence-electron chi connectivity index (χ2n) is 6.98. The van der Waals surface area contributed by atoms with Crippen molar-refractivity contribution in [3.05, 3.63) is 46.4 Å². The average Bonchev–Trinajstić information content (AvgIpc) is 3.29. The fourth-order valence-electron chi connectivity index (χ4n) is 3.17. The van der Waals surface area contributed by atoms with Crippen molar-refractivity contribution >= 4 is 17.7 Å². The lowest BCUT2D eigenvalue weighted by Crippen LogP contribution is -2.26. The molecule has 3 rings (SSSR count). The van der Waals surface area contributed by atoms with Crippen LogP contribution in [-0.2, 0) is 11.8 Å². The smallest absolute Gasteiger partial charge is 0.297 e. The van der Waals surface area contributed by atoms with Crippen LogP contribution in [0, 0.1) is 6.92 Å². The molecular weight excluding hydrogens is 402 g/mol. The van der Waals surface area contributed by atoms with Gasteiger partial charge in [-0.2, -0.15) is 4.68 Å². The van der Waals surface area contributed by atoms with Gasteiger partial charge in [0.15, 0.2) is 5.69 Å². The molecule has 0 atom stereocenters. The summed E-state index contributed by atoms with van der Waals surface area (Å²) in [7, 11) is 1.82. The first-order valence-corrected chi connectivity index (χ1v) is 11.1. The van der Waals surface area contributed by atoms with Crippen molar-refractivity contribution in [2.75, 3.05) is 12.3 Å². The normalized spacial score (nSPS) is 11.0. The third kappa shape index (κ3) is 4.81. The van der Waals surface area contributed by atoms with Crippen molar-refractivity contribution in [1.29, 1.82) is 0 Å². The Kier molecular flexibility index (Phi) is 7.45. The number of benzene rings is 1. The number of rotatable bonds is 10. The van der Waals surface area contributed by atoms with Crippen LogP contribution in [0.5, 0.6) is 0 Å². The minimum atomic E-state index is -0.226. The van der Waals surface area contributed by atoms with E-state index in [-0.39, 0.29) is 17.2 Å². The molecule has 2 aromatic heterocycles. The quantitative estimate of drug-likeness (QED) is 0.392. The van der Waals surface area contributed by atoms with Crippen molar-refractivity contribution < 1.29 is 4.79 Å². The van der Waals surface area contributed by atoms with Crippen LogP contribution < -0.4 is 10.9 Å². The molecule has 0 saturated carbocycles. The Morgan fingerprint density at radius 2 is 1.93 bits per heavy atom. The lowest BCUT2D eigenvalue weighted by atomic mass is 10.2. The van der Waals surface area contributed by atoms with E-state index in [4.69, 9.17) is 0 Å². The lowest BCUT2D eigenvalue weighted by molar-refractivity contribution is -0.118. The van der Waals surface area contributed by atoms with Crippen LogP contribution in [0.4, 0.5) is 0 Å². The van der Waals surface area contributed by atoms with Crippen molar-refractivity contribution in [3.63, 3.8) is 0 Å². The van der Waals surface area contributed by atoms with Gasteiger partial charge in [-0.15, -0.1) is 5.10 Å². The number of nitrogens with one attached hydrogen (secondary N) is 1. The maximum atomic E-state index is 13.2. The van der Waals surface area contributed by atoms with Crippen LogP contribution in [0.15, 0.2) is 40.3 Å². The Morgan fingerprint density at radius 1 is 1.17 bits per heavy atom. The van der Waals surface area contributed by atoms with E-state index in [2.05, 4.69) is 27.8 Å². The van der Waals surface area contributed by atoms with Crippen LogP contribution in [0.2, 0.25) is 0 Å². The molecule has 1 amide bonds. The molecule has 0 aliphatic rings. The van der Waals surface area contributed by atoms with Gasteiger partial charge in [0, 0.05) is 13.6 Å². The number of thioether (sulfide) groups is 1. The predicted molar refractivity (Wildman–Crippen MR) is 116 cm³/mol. The van der Waals surface area contributed by atoms with Gasteiger partial charge in [0.1, 0.15) is 0 Å². The number of amides is 1. The summed E-state index contributed by atoms with van der Waals surface area (Å²) in [6, 6.07) is 9.39. The summed E-state index contributed by atoms with van der Waals surface area (Å²) in [5.41, 5.74) is 1.62. The van der Waals surface area contributed by atoms with E-state index in [9.17, 15) is 9.59 Å². The van der Waals surface area contributed by atoms with Gasteiger partial charge in [0.05, 0.1) is 17.1 Å². The highest BCUT2D eigenvalue weighted by Gasteiger charge is 2.22. The van der Waals surface area contributed by atoms with E-state index < -0.39 is 0 Å². The number of carbonyl (C=O) groups excluding carboxylic acids is 1. The van der Waals surface area contributed by atoms with Crippen LogP contribution >= 0.6 is 11.8 Å². The van der Waals surface area contributed by atoms with Crippen LogP contribution in [0.25, 0.3) is 11.4 Å². The minimum absolute atomic E-state index is 0.0717. The van der Waals surface area contributed by atoms with Gasteiger partial charge in [0.2, 0.25) is 11.1 Å². The molecule has 9 nitrogen and oxygen atoms in total. The summed E-state index contributed by atoms with van der Waals surface area (Å²) >= 11 is 1.21. The number of hydrogen-bond donors (Lipinski definition) is 1. The van der Waals surface area contributed by atoms with Crippen LogP contribution in [0.3, 0.4) is 0 Å². The number of aromatic nitrogens is 6. The Labute approximate surface area is 179 Å². The number of para-hydroxylation sites is 1. The summed E-state index contributed by atoms with van der Waals surface area (Å²) in [5, 5.41) is 15.1. The first kappa shape index (κ1) is 21.8. The zero-order valence-electron chi connectivity index (χ0n) is 17.5. The Bertz CT molecular complexity index is 1040. The largest absolute Gasteiger partial charge is 0.355 e. The molecule has 0 radical (unpaired) electrons. The standard InChI is InChI=1S/C20H27N7O2S/c1-4-5-6-10-13-21-17(28)14-30-20-22-23-24-26(20)18-15(2)25(3)27(19(18)29)16-11-8-7-9-12-16/h7-9,11-12H,4-6,10,13-14H2,1-3H3,(H,21,28). The van der Waals surface area contributed by atoms with Crippen molar-refractivity contribution in [1.82, 2.24) is 34.9 Å². The second kappa shape index (κ2) is 10.2. The van der Waals surface area contributed by atoms with Gasteiger partial charge in [-0.1, -0.05) is 56.1 Å². The number of carbonyl (C=O) groups is 1. The topological polar surface area (TPSA) is 99.6 Å². The Balaban J connectivity index is 1.74. The predicted octanol–water partition coefficient (Wildman–Crippen LogP) is 2.25. The van der Waals surface area contributed by atoms with Gasteiger partial charge in [-0.05, 0) is 35.9 Å². The fourth-order valence-corrected chi connectivity index (χ4v) is 3.87. The molecule has 10 heteroatoms. The number of hydrogen-bond acceptors (Lipinski definition) is 6. The summed E-state index contributed by atoms with van der Waals surface area (Å²) < 4.78 is 4.76. The maximum Gasteiger partial charge on any atom is 0.297 e. The van der Waals surface area contributed by atoms with E-state index in [1.807, 2.05) is 44.3 Å². The zero-order chi connectivity index (χ0) is 21.5. The van der Waals surface area contributed by atoms with Gasteiger partial charge >= 0.3 is 0 Å². The molecule has 3 aromatic rings. The monoisotopic (exact) mass is 429 g/mol. The molecule has 0 aliphatic carbocycles. The van der Waals surface area contributed by atoms with Crippen molar-refractivity contribution in [2.45, 2.75) is 44.7 Å². The van der Waals surface area contributed by atoms with E-state index in [1.54, 1.807) is 9.36 Å². The molecule has 0 saturated heterocycles. The van der Waals surface area contributed by atoms with Gasteiger partial charge in [0.25, 0.3) is 5.56 Å². The highest BCUT2D eigenvalue weighted by Crippen LogP contribution is 2.19. The first-order valence-electron chi connectivity index (χ1n) is 10.1. The lowest BCUT2D eigenvalue weighted by Gasteiger charge is -2.07. The molecule has 0 fully saturated rings. The number of tetrazole rings is 1. The van der Waals surface area contributed by atoms with Crippen LogP contribution in [0.1, 0.15) is 38.3 Å². The molecule has 2 heterocycles. The maximum absolute atomic E-state index is 13.2. The molecular formula is C20H27N7O2S. The fraction of sp³-hybridized carbons (Fsp3) is 0.450. The van der Waals surface area contributed by atoms with Crippen LogP contribution in [-0.4, -0.2) is 47.8 Å². The summed E-state index contributed by atoms with van der Waals surface area (Å²) in [6.45, 7) is 4.67. The Hall–Kier alpha value is -2.88. The van der Waals surface area contributed by atoms with Gasteiger partial charge in [-0.25, -0.2) is 4.68 Å². The van der Waals surface area contributed by atoms with E-state index in [0.29, 0.717) is 17.4 Å². The first-order chi connectivity index (χ1) is 14.5. The van der Waals surface area contributed by atoms with Crippen molar-refractivity contribution in [3.8, 4) is 11.4 Å². The third-order valence-corrected chi connectivity index (χ3v) is 5.78. The molecule has 1 aromatic carbocycles. The molecule has 0 bridgehead atoms. The number of nitrogens with zero attached hydrogens (tertiary/aromatic N) is 6. The Morgan fingerprint density at radius 3 is 2.67 bits per heavy atom. The van der Waals surface area contributed by atoms with Crippen molar-refractivity contribution in [2.24, 2.45) is 7.05 Å². The SMILES string of the molecule is CCCCCCNC(=O)CSc1nnnn1-c1c(C)n(C)n(-c2ccccc2)c1=O. The molecule has 30 heavy (non-hydrogen) atoms.